The molecular formula is C9H4BrN2O2-. The molecule has 0 unspecified atom stereocenters. The summed E-state index contributed by atoms with van der Waals surface area (Å²) in [7, 11) is 0. The second-order valence-electron chi connectivity index (χ2n) is 2.68. The average Bonchev–Trinajstić information content (AvgIpc) is 2.18. The van der Waals surface area contributed by atoms with Crippen molar-refractivity contribution in [1.82, 2.24) is 9.97 Å². The molecule has 70 valence electrons. The second kappa shape index (κ2) is 3.34. The molecule has 0 saturated carbocycles. The van der Waals surface area contributed by atoms with Crippen LogP contribution in [0.2, 0.25) is 0 Å². The minimum Gasteiger partial charge on any atom is -0.543 e. The molecule has 0 saturated heterocycles. The number of carboxylic acids is 1. The quantitative estimate of drug-likeness (QED) is 0.751. The van der Waals surface area contributed by atoms with Crippen molar-refractivity contribution >= 4 is 32.8 Å². The van der Waals surface area contributed by atoms with Crippen LogP contribution in [0.15, 0.2) is 29.0 Å². The van der Waals surface area contributed by atoms with Gasteiger partial charge in [0.2, 0.25) is 0 Å². The fourth-order valence-electron chi connectivity index (χ4n) is 1.12. The summed E-state index contributed by atoms with van der Waals surface area (Å²) in [4.78, 5) is 18.4. The number of carboxylic acid groups (broad SMARTS) is 1. The highest BCUT2D eigenvalue weighted by atomic mass is 79.9. The molecule has 0 atom stereocenters. The Morgan fingerprint density at radius 1 is 1.36 bits per heavy atom. The molecule has 0 radical (unpaired) electrons. The van der Waals surface area contributed by atoms with Gasteiger partial charge in [0, 0.05) is 17.8 Å². The molecule has 0 bridgehead atoms. The molecule has 0 aliphatic carbocycles. The highest BCUT2D eigenvalue weighted by molar-refractivity contribution is 9.10. The molecule has 2 heterocycles. The van der Waals surface area contributed by atoms with Crippen LogP contribution >= 0.6 is 15.9 Å². The van der Waals surface area contributed by atoms with E-state index in [2.05, 4.69) is 25.9 Å². The zero-order valence-electron chi connectivity index (χ0n) is 6.90. The van der Waals surface area contributed by atoms with Crippen molar-refractivity contribution in [2.45, 2.75) is 0 Å². The normalized spacial score (nSPS) is 10.4. The zero-order valence-corrected chi connectivity index (χ0v) is 8.48. The predicted molar refractivity (Wildman–Crippen MR) is 51.6 cm³/mol. The third-order valence-electron chi connectivity index (χ3n) is 1.76. The number of nitrogens with zero attached hydrogens (tertiary/aromatic N) is 2. The number of aromatic carboxylic acids is 1. The Kier molecular flexibility index (Phi) is 2.17. The van der Waals surface area contributed by atoms with E-state index in [1.165, 1.54) is 6.07 Å². The van der Waals surface area contributed by atoms with Gasteiger partial charge in [-0.05, 0) is 28.1 Å². The summed E-state index contributed by atoms with van der Waals surface area (Å²) >= 11 is 3.24. The van der Waals surface area contributed by atoms with Gasteiger partial charge >= 0.3 is 0 Å². The van der Waals surface area contributed by atoms with Gasteiger partial charge < -0.3 is 9.90 Å². The van der Waals surface area contributed by atoms with E-state index in [0.717, 1.165) is 5.39 Å². The second-order valence-corrected chi connectivity index (χ2v) is 3.53. The SMILES string of the molecule is O=C([O-])c1ccc2cncc(Br)c2n1. The highest BCUT2D eigenvalue weighted by Crippen LogP contribution is 2.20. The number of aromatic nitrogens is 2. The van der Waals surface area contributed by atoms with Gasteiger partial charge in [-0.15, -0.1) is 0 Å². The Morgan fingerprint density at radius 2 is 2.14 bits per heavy atom. The van der Waals surface area contributed by atoms with Crippen LogP contribution in [0.3, 0.4) is 0 Å². The van der Waals surface area contributed by atoms with E-state index in [1.54, 1.807) is 18.5 Å². The number of hydrogen-bond acceptors (Lipinski definition) is 4. The molecule has 0 aromatic carbocycles. The Balaban J connectivity index is 2.76. The van der Waals surface area contributed by atoms with Crippen molar-refractivity contribution in [2.75, 3.05) is 0 Å². The summed E-state index contributed by atoms with van der Waals surface area (Å²) in [5, 5.41) is 11.3. The van der Waals surface area contributed by atoms with Gasteiger partial charge in [-0.3, -0.25) is 4.98 Å². The Hall–Kier alpha value is -1.49. The Labute approximate surface area is 87.7 Å². The summed E-state index contributed by atoms with van der Waals surface area (Å²) < 4.78 is 0.665. The molecule has 2 rings (SSSR count). The van der Waals surface area contributed by atoms with Crippen molar-refractivity contribution in [3.63, 3.8) is 0 Å². The first-order valence-electron chi connectivity index (χ1n) is 3.80. The molecule has 4 nitrogen and oxygen atoms in total. The van der Waals surface area contributed by atoms with E-state index in [-0.39, 0.29) is 5.69 Å². The first kappa shape index (κ1) is 9.08. The molecular weight excluding hydrogens is 248 g/mol. The van der Waals surface area contributed by atoms with Crippen LogP contribution in [-0.4, -0.2) is 15.9 Å². The lowest BCUT2D eigenvalue weighted by Crippen LogP contribution is -2.23. The first-order valence-corrected chi connectivity index (χ1v) is 4.59. The lowest BCUT2D eigenvalue weighted by Gasteiger charge is -2.03. The van der Waals surface area contributed by atoms with Crippen molar-refractivity contribution < 1.29 is 9.90 Å². The van der Waals surface area contributed by atoms with Crippen LogP contribution in [0.1, 0.15) is 10.5 Å². The third kappa shape index (κ3) is 1.46. The fourth-order valence-corrected chi connectivity index (χ4v) is 1.56. The van der Waals surface area contributed by atoms with Crippen LogP contribution in [0.5, 0.6) is 0 Å². The first-order chi connectivity index (χ1) is 6.68. The maximum absolute atomic E-state index is 10.6. The highest BCUT2D eigenvalue weighted by Gasteiger charge is 2.02. The van der Waals surface area contributed by atoms with Gasteiger partial charge in [-0.1, -0.05) is 0 Å². The molecule has 0 amide bonds. The molecule has 0 aliphatic rings. The van der Waals surface area contributed by atoms with Gasteiger partial charge in [0.05, 0.1) is 21.7 Å². The van der Waals surface area contributed by atoms with Crippen LogP contribution in [0, 0.1) is 0 Å². The molecule has 0 N–H and O–H groups in total. The summed E-state index contributed by atoms with van der Waals surface area (Å²) in [6.45, 7) is 0. The van der Waals surface area contributed by atoms with Gasteiger partial charge in [-0.25, -0.2) is 4.98 Å². The molecule has 14 heavy (non-hydrogen) atoms. The van der Waals surface area contributed by atoms with E-state index in [9.17, 15) is 9.90 Å². The van der Waals surface area contributed by atoms with Crippen molar-refractivity contribution in [3.8, 4) is 0 Å². The van der Waals surface area contributed by atoms with Gasteiger partial charge in [0.1, 0.15) is 0 Å². The van der Waals surface area contributed by atoms with Gasteiger partial charge in [0.15, 0.2) is 0 Å². The fraction of sp³-hybridized carbons (Fsp3) is 0. The minimum absolute atomic E-state index is 0.0793. The number of hydrogen-bond donors (Lipinski definition) is 0. The predicted octanol–water partition coefficient (Wildman–Crippen LogP) is 0.756. The van der Waals surface area contributed by atoms with Crippen LogP contribution < -0.4 is 5.11 Å². The Bertz CT molecular complexity index is 513. The smallest absolute Gasteiger partial charge is 0.0900 e. The van der Waals surface area contributed by atoms with E-state index < -0.39 is 5.97 Å². The largest absolute Gasteiger partial charge is 0.543 e. The van der Waals surface area contributed by atoms with Crippen molar-refractivity contribution in [2.24, 2.45) is 0 Å². The summed E-state index contributed by atoms with van der Waals surface area (Å²) in [6, 6.07) is 3.04. The molecule has 5 heteroatoms. The average molecular weight is 252 g/mol. The van der Waals surface area contributed by atoms with Crippen molar-refractivity contribution in [3.05, 3.63) is 34.7 Å². The summed E-state index contributed by atoms with van der Waals surface area (Å²) in [6.07, 6.45) is 3.18. The van der Waals surface area contributed by atoms with Gasteiger partial charge in [-0.2, -0.15) is 0 Å². The van der Waals surface area contributed by atoms with E-state index in [0.29, 0.717) is 9.99 Å². The number of pyridine rings is 2. The number of fused-ring (bicyclic) bond motifs is 1. The van der Waals surface area contributed by atoms with Crippen molar-refractivity contribution in [1.29, 1.82) is 0 Å². The summed E-state index contributed by atoms with van der Waals surface area (Å²) in [5.41, 5.74) is 0.492. The lowest BCUT2D eigenvalue weighted by molar-refractivity contribution is -0.255. The van der Waals surface area contributed by atoms with E-state index >= 15 is 0 Å². The standard InChI is InChI=1S/C9H5BrN2O2/c10-6-4-11-3-5-1-2-7(9(13)14)12-8(5)6/h1-4H,(H,13,14)/p-1. The van der Waals surface area contributed by atoms with Gasteiger partial charge in [0.25, 0.3) is 0 Å². The monoisotopic (exact) mass is 251 g/mol. The zero-order chi connectivity index (χ0) is 10.1. The Morgan fingerprint density at radius 3 is 2.86 bits per heavy atom. The summed E-state index contributed by atoms with van der Waals surface area (Å²) in [5.74, 6) is -1.28. The topological polar surface area (TPSA) is 65.9 Å². The molecule has 2 aromatic rings. The number of carbonyl (C=O) groups excluding carboxylic acids is 1. The van der Waals surface area contributed by atoms with E-state index in [4.69, 9.17) is 0 Å². The van der Waals surface area contributed by atoms with Crippen LogP contribution in [0.4, 0.5) is 0 Å². The molecule has 2 aromatic heterocycles. The lowest BCUT2D eigenvalue weighted by atomic mass is 10.2. The molecule has 0 spiro atoms. The number of carbonyl (C=O) groups is 1. The van der Waals surface area contributed by atoms with E-state index in [1.807, 2.05) is 0 Å². The third-order valence-corrected chi connectivity index (χ3v) is 2.34. The minimum atomic E-state index is -1.28. The maximum atomic E-state index is 10.6. The molecule has 0 aliphatic heterocycles. The maximum Gasteiger partial charge on any atom is 0.0900 e. The van der Waals surface area contributed by atoms with Crippen LogP contribution in [0.25, 0.3) is 10.9 Å². The number of halogens is 1. The number of rotatable bonds is 1. The molecule has 0 fully saturated rings. The van der Waals surface area contributed by atoms with Crippen LogP contribution in [-0.2, 0) is 0 Å².